The second-order valence-electron chi connectivity index (χ2n) is 14.2. The van der Waals surface area contributed by atoms with E-state index in [-0.39, 0.29) is 43.6 Å². The molecule has 0 N–H and O–H groups in total. The Balaban J connectivity index is 1.16. The Hall–Kier alpha value is -7.40. The fraction of sp³-hybridized carbons (Fsp3) is 0. The molecule has 0 spiro atoms. The van der Waals surface area contributed by atoms with Crippen LogP contribution in [0.1, 0.15) is 20.6 Å². The van der Waals surface area contributed by atoms with Crippen molar-refractivity contribution in [2.24, 2.45) is 0 Å². The van der Waals surface area contributed by atoms with E-state index >= 15 is 0 Å². The van der Waals surface area contributed by atoms with Crippen molar-refractivity contribution in [3.05, 3.63) is 200 Å². The van der Waals surface area contributed by atoms with Crippen LogP contribution in [0, 0.1) is 0 Å². The number of hydrogen-bond acceptors (Lipinski definition) is 1. The van der Waals surface area contributed by atoms with Gasteiger partial charge in [-0.15, -0.1) is 11.3 Å². The predicted octanol–water partition coefficient (Wildman–Crippen LogP) is 15.0. The quantitative estimate of drug-likeness (QED) is 0.169. The number of hydrogen-bond donors (Lipinski definition) is 0. The van der Waals surface area contributed by atoms with Gasteiger partial charge in [-0.1, -0.05) is 121 Å². The van der Waals surface area contributed by atoms with Crippen LogP contribution in [-0.4, -0.2) is 13.7 Å². The van der Waals surface area contributed by atoms with Gasteiger partial charge in [-0.05, 0) is 89.8 Å². The van der Waals surface area contributed by atoms with Crippen LogP contribution in [0.15, 0.2) is 200 Å². The second-order valence-corrected chi connectivity index (χ2v) is 15.3. The molecule has 0 saturated heterocycles. The minimum absolute atomic E-state index is 0.0908. The predicted molar refractivity (Wildman–Crippen MR) is 248 cm³/mol. The molecular formula is C54H33N3S. The average Bonchev–Trinajstić information content (AvgIpc) is 4.16. The molecule has 270 valence electrons. The molecule has 3 nitrogen and oxygen atoms in total. The van der Waals surface area contributed by atoms with Crippen LogP contribution in [0.3, 0.4) is 0 Å². The first kappa shape index (κ1) is 20.7. The zero-order chi connectivity index (χ0) is 51.0. The summed E-state index contributed by atoms with van der Waals surface area (Å²) in [7, 11) is 0. The summed E-state index contributed by atoms with van der Waals surface area (Å²) in [5.41, 5.74) is 3.56. The van der Waals surface area contributed by atoms with E-state index in [9.17, 15) is 6.85 Å². The molecule has 0 aliphatic heterocycles. The number of thiophene rings is 1. The lowest BCUT2D eigenvalue weighted by Gasteiger charge is -2.13. The second kappa shape index (κ2) is 12.1. The van der Waals surface area contributed by atoms with Gasteiger partial charge in [0.2, 0.25) is 0 Å². The molecule has 9 aromatic carbocycles. The smallest absolute Gasteiger partial charge is 0.0652 e. The lowest BCUT2D eigenvalue weighted by molar-refractivity contribution is 1.16. The van der Waals surface area contributed by atoms with Crippen LogP contribution in [0.2, 0.25) is 0 Å². The number of aromatic nitrogens is 3. The van der Waals surface area contributed by atoms with Crippen molar-refractivity contribution in [3.8, 4) is 28.2 Å². The van der Waals surface area contributed by atoms with E-state index in [0.29, 0.717) is 5.69 Å². The van der Waals surface area contributed by atoms with Crippen LogP contribution in [0.4, 0.5) is 0 Å². The average molecular weight is 771 g/mol. The number of benzene rings is 9. The lowest BCUT2D eigenvalue weighted by atomic mass is 10.0. The summed E-state index contributed by atoms with van der Waals surface area (Å²) in [6.45, 7) is 0. The zero-order valence-electron chi connectivity index (χ0n) is 45.1. The van der Waals surface area contributed by atoms with Gasteiger partial charge in [0.15, 0.2) is 0 Å². The van der Waals surface area contributed by atoms with Crippen LogP contribution in [0.5, 0.6) is 0 Å². The van der Waals surface area contributed by atoms with E-state index in [2.05, 4.69) is 47.0 Å². The Morgan fingerprint density at radius 3 is 1.79 bits per heavy atom. The zero-order valence-corrected chi connectivity index (χ0v) is 31.0. The summed E-state index contributed by atoms with van der Waals surface area (Å²) in [5.74, 6) is 0. The molecule has 0 amide bonds. The SMILES string of the molecule is [2H]c1c([2H])c([2H])c2c(c1[2H])c1c([2H])c(-n3c4c([2H])c([2H])c([2H])c([2H])c4c4c([2H])c([2H])c([2H])c([2H])c43)c([2H])c([2H])c1n2-c1ccc2c3ccccc3n(-c3cccc4sc5ccc(-c6ccccc6)cc5c34)c2c1. The topological polar surface area (TPSA) is 14.8 Å². The molecule has 0 unspecified atom stereocenters. The number of nitrogens with zero attached hydrogens (tertiary/aromatic N) is 3. The molecule has 0 aliphatic carbocycles. The van der Waals surface area contributed by atoms with Crippen molar-refractivity contribution in [1.82, 2.24) is 13.7 Å². The molecule has 4 heterocycles. The molecule has 0 aliphatic rings. The Morgan fingerprint density at radius 2 is 1.02 bits per heavy atom. The summed E-state index contributed by atoms with van der Waals surface area (Å²) in [5, 5.41) is 2.98. The maximum atomic E-state index is 10.1. The van der Waals surface area contributed by atoms with Crippen molar-refractivity contribution in [3.63, 3.8) is 0 Å². The van der Waals surface area contributed by atoms with Crippen molar-refractivity contribution >= 4 is 96.9 Å². The Labute approximate surface area is 358 Å². The van der Waals surface area contributed by atoms with Crippen LogP contribution in [0.25, 0.3) is 114 Å². The highest BCUT2D eigenvalue weighted by atomic mass is 32.1. The van der Waals surface area contributed by atoms with Crippen LogP contribution in [-0.2, 0) is 0 Å². The van der Waals surface area contributed by atoms with Gasteiger partial charge in [-0.3, -0.25) is 0 Å². The summed E-state index contributed by atoms with van der Waals surface area (Å²) >= 11 is 1.69. The molecule has 0 fully saturated rings. The van der Waals surface area contributed by atoms with E-state index in [1.165, 1.54) is 4.57 Å². The first-order chi connectivity index (χ1) is 35.0. The third kappa shape index (κ3) is 4.43. The van der Waals surface area contributed by atoms with Gasteiger partial charge in [0, 0.05) is 63.9 Å². The Bertz CT molecular complexity index is 4610. The number of rotatable bonds is 4. The molecule has 0 atom stereocenters. The third-order valence-electron chi connectivity index (χ3n) is 11.1. The Morgan fingerprint density at radius 1 is 0.362 bits per heavy atom. The molecule has 13 aromatic rings. The molecule has 0 radical (unpaired) electrons. The van der Waals surface area contributed by atoms with E-state index < -0.39 is 96.3 Å². The van der Waals surface area contributed by atoms with Gasteiger partial charge in [0.05, 0.1) is 59.3 Å². The minimum Gasteiger partial charge on any atom is -0.309 e. The van der Waals surface area contributed by atoms with Crippen molar-refractivity contribution in [2.45, 2.75) is 0 Å². The summed E-state index contributed by atoms with van der Waals surface area (Å²) in [4.78, 5) is 0. The van der Waals surface area contributed by atoms with Gasteiger partial charge >= 0.3 is 0 Å². The fourth-order valence-corrected chi connectivity index (χ4v) is 9.79. The minimum atomic E-state index is -0.707. The van der Waals surface area contributed by atoms with Crippen LogP contribution < -0.4 is 0 Å². The maximum Gasteiger partial charge on any atom is 0.0652 e. The molecule has 13 rings (SSSR count). The monoisotopic (exact) mass is 770 g/mol. The first-order valence-electron chi connectivity index (χ1n) is 26.1. The normalized spacial score (nSPS) is 15.8. The fourth-order valence-electron chi connectivity index (χ4n) is 8.68. The highest BCUT2D eigenvalue weighted by molar-refractivity contribution is 7.25. The van der Waals surface area contributed by atoms with Crippen molar-refractivity contribution < 1.29 is 20.6 Å². The molecule has 4 heteroatoms. The molecular weight excluding hydrogens is 723 g/mol. The number of para-hydroxylation sites is 4. The van der Waals surface area contributed by atoms with Gasteiger partial charge in [-0.25, -0.2) is 0 Å². The molecule has 0 saturated carbocycles. The van der Waals surface area contributed by atoms with E-state index in [0.717, 1.165) is 63.4 Å². The van der Waals surface area contributed by atoms with Crippen molar-refractivity contribution in [1.29, 1.82) is 0 Å². The standard InChI is InChI=1S/C54H33N3S/c1-2-13-34(14-3-1)35-25-30-52-44(31-35)54-50(23-12-24-53(54)58-52)57-48-22-11-6-17-40(48)42-28-26-37(33-51(42)57)56-47-21-10-7-18-41(47)43-32-36(27-29-49(43)56)55-45-19-8-4-15-38(45)39-16-5-9-20-46(39)55/h1-33H/i4D,5D,7D,8D,9D,10D,15D,16D,18D,19D,20D,21D,27D,29D,32D. The Kier molecular flexibility index (Phi) is 4.29. The van der Waals surface area contributed by atoms with E-state index in [4.69, 9.17) is 13.7 Å². The van der Waals surface area contributed by atoms with Gasteiger partial charge in [0.25, 0.3) is 0 Å². The summed E-state index contributed by atoms with van der Waals surface area (Å²) in [6.07, 6.45) is 0. The highest BCUT2D eigenvalue weighted by Crippen LogP contribution is 2.43. The first-order valence-corrected chi connectivity index (χ1v) is 19.4. The van der Waals surface area contributed by atoms with E-state index in [1.54, 1.807) is 17.4 Å². The van der Waals surface area contributed by atoms with Gasteiger partial charge in [-0.2, -0.15) is 0 Å². The van der Waals surface area contributed by atoms with E-state index in [1.807, 2.05) is 60.7 Å². The van der Waals surface area contributed by atoms with Crippen molar-refractivity contribution in [2.75, 3.05) is 0 Å². The number of fused-ring (bicyclic) bond motifs is 12. The van der Waals surface area contributed by atoms with Gasteiger partial charge in [0.1, 0.15) is 0 Å². The van der Waals surface area contributed by atoms with Gasteiger partial charge < -0.3 is 13.7 Å². The lowest BCUT2D eigenvalue weighted by Crippen LogP contribution is -1.98. The third-order valence-corrected chi connectivity index (χ3v) is 12.3. The molecule has 58 heavy (non-hydrogen) atoms. The highest BCUT2D eigenvalue weighted by Gasteiger charge is 2.20. The van der Waals surface area contributed by atoms with Crippen LogP contribution >= 0.6 is 11.3 Å². The molecule has 4 aromatic heterocycles. The largest absolute Gasteiger partial charge is 0.309 e. The molecule has 0 bridgehead atoms. The summed E-state index contributed by atoms with van der Waals surface area (Å²) < 4.78 is 144. The maximum absolute atomic E-state index is 10.1. The summed E-state index contributed by atoms with van der Waals surface area (Å²) in [6, 6.07) is 27.0.